The van der Waals surface area contributed by atoms with Gasteiger partial charge in [0.1, 0.15) is 0 Å². The molecule has 102 valence electrons. The molecule has 1 heterocycles. The molecule has 19 heavy (non-hydrogen) atoms. The first-order chi connectivity index (χ1) is 9.11. The van der Waals surface area contributed by atoms with E-state index in [0.29, 0.717) is 17.3 Å². The number of rotatable bonds is 5. The molecule has 0 aliphatic carbocycles. The molecule has 0 spiro atoms. The second-order valence-electron chi connectivity index (χ2n) is 4.28. The van der Waals surface area contributed by atoms with Gasteiger partial charge in [-0.2, -0.15) is 11.3 Å². The van der Waals surface area contributed by atoms with E-state index in [1.807, 2.05) is 5.38 Å². The van der Waals surface area contributed by atoms with Gasteiger partial charge in [-0.15, -0.1) is 0 Å². The van der Waals surface area contributed by atoms with Crippen LogP contribution < -0.4 is 10.1 Å². The summed E-state index contributed by atoms with van der Waals surface area (Å²) in [7, 11) is 1.51. The molecule has 0 fully saturated rings. The van der Waals surface area contributed by atoms with Crippen molar-refractivity contribution >= 4 is 22.9 Å². The van der Waals surface area contributed by atoms with E-state index in [9.17, 15) is 5.11 Å². The van der Waals surface area contributed by atoms with Gasteiger partial charge in [-0.1, -0.05) is 11.6 Å². The highest BCUT2D eigenvalue weighted by Crippen LogP contribution is 2.33. The van der Waals surface area contributed by atoms with E-state index in [-0.39, 0.29) is 11.8 Å². The minimum Gasteiger partial charge on any atom is -0.504 e. The van der Waals surface area contributed by atoms with Crippen molar-refractivity contribution in [1.82, 2.24) is 5.32 Å². The molecule has 1 aromatic carbocycles. The fourth-order valence-electron chi connectivity index (χ4n) is 1.82. The van der Waals surface area contributed by atoms with Gasteiger partial charge < -0.3 is 15.2 Å². The molecular weight excluding hydrogens is 282 g/mol. The number of phenolic OH excluding ortho intramolecular Hbond substituents is 1. The maximum Gasteiger partial charge on any atom is 0.162 e. The van der Waals surface area contributed by atoms with Crippen molar-refractivity contribution in [3.05, 3.63) is 45.1 Å². The van der Waals surface area contributed by atoms with Gasteiger partial charge in [0.15, 0.2) is 11.5 Å². The zero-order valence-electron chi connectivity index (χ0n) is 10.8. The normalized spacial score (nSPS) is 12.4. The second-order valence-corrected chi connectivity index (χ2v) is 5.49. The van der Waals surface area contributed by atoms with E-state index in [2.05, 4.69) is 23.7 Å². The first kappa shape index (κ1) is 14.2. The largest absolute Gasteiger partial charge is 0.504 e. The average molecular weight is 298 g/mol. The molecule has 0 aliphatic rings. The number of nitrogens with one attached hydrogen (secondary N) is 1. The molecule has 2 aromatic rings. The lowest BCUT2D eigenvalue weighted by molar-refractivity contribution is 0.369. The van der Waals surface area contributed by atoms with Crippen LogP contribution in [0.1, 0.15) is 24.1 Å². The van der Waals surface area contributed by atoms with Crippen molar-refractivity contribution in [2.75, 3.05) is 7.11 Å². The summed E-state index contributed by atoms with van der Waals surface area (Å²) in [6.07, 6.45) is 0. The lowest BCUT2D eigenvalue weighted by Crippen LogP contribution is -2.17. The summed E-state index contributed by atoms with van der Waals surface area (Å²) in [6.45, 7) is 2.61. The van der Waals surface area contributed by atoms with Crippen LogP contribution in [0.5, 0.6) is 11.5 Å². The minimum atomic E-state index is 0.136. The van der Waals surface area contributed by atoms with Crippen LogP contribution in [0.15, 0.2) is 29.0 Å². The number of hydrogen-bond acceptors (Lipinski definition) is 4. The van der Waals surface area contributed by atoms with Crippen LogP contribution in [-0.2, 0) is 6.54 Å². The summed E-state index contributed by atoms with van der Waals surface area (Å²) in [5.74, 6) is 0.532. The summed E-state index contributed by atoms with van der Waals surface area (Å²) >= 11 is 7.67. The smallest absolute Gasteiger partial charge is 0.162 e. The first-order valence-electron chi connectivity index (χ1n) is 5.92. The Hall–Kier alpha value is -1.23. The Balaban J connectivity index is 2.09. The summed E-state index contributed by atoms with van der Waals surface area (Å²) in [5.41, 5.74) is 1.96. The Morgan fingerprint density at radius 2 is 2.26 bits per heavy atom. The van der Waals surface area contributed by atoms with Crippen molar-refractivity contribution in [2.45, 2.75) is 19.5 Å². The number of halogens is 1. The molecule has 5 heteroatoms. The standard InChI is InChI=1S/C14H16ClNO2S/c1-9(10-3-4-19-8-10)16-7-11-5-12(15)6-13(18-2)14(11)17/h3-6,8-9,16-17H,7H2,1-2H3. The Kier molecular flexibility index (Phi) is 4.69. The maximum atomic E-state index is 10.0. The number of ether oxygens (including phenoxy) is 1. The highest BCUT2D eigenvalue weighted by molar-refractivity contribution is 7.07. The minimum absolute atomic E-state index is 0.136. The predicted molar refractivity (Wildman–Crippen MR) is 79.2 cm³/mol. The van der Waals surface area contributed by atoms with Crippen molar-refractivity contribution in [2.24, 2.45) is 0 Å². The zero-order chi connectivity index (χ0) is 13.8. The van der Waals surface area contributed by atoms with E-state index in [4.69, 9.17) is 16.3 Å². The van der Waals surface area contributed by atoms with Gasteiger partial charge in [0.05, 0.1) is 7.11 Å². The maximum absolute atomic E-state index is 10.0. The van der Waals surface area contributed by atoms with Gasteiger partial charge in [0, 0.05) is 29.2 Å². The molecule has 1 unspecified atom stereocenters. The van der Waals surface area contributed by atoms with E-state index < -0.39 is 0 Å². The molecule has 0 aliphatic heterocycles. The van der Waals surface area contributed by atoms with Crippen molar-refractivity contribution < 1.29 is 9.84 Å². The lowest BCUT2D eigenvalue weighted by atomic mass is 10.1. The Morgan fingerprint density at radius 1 is 1.47 bits per heavy atom. The van der Waals surface area contributed by atoms with Crippen LogP contribution in [-0.4, -0.2) is 12.2 Å². The Labute approximate surface area is 121 Å². The molecule has 2 rings (SSSR count). The molecular formula is C14H16ClNO2S. The first-order valence-corrected chi connectivity index (χ1v) is 7.24. The number of aromatic hydroxyl groups is 1. The monoisotopic (exact) mass is 297 g/mol. The third kappa shape index (κ3) is 3.41. The van der Waals surface area contributed by atoms with E-state index >= 15 is 0 Å². The molecule has 0 bridgehead atoms. The van der Waals surface area contributed by atoms with E-state index in [1.165, 1.54) is 12.7 Å². The van der Waals surface area contributed by atoms with Gasteiger partial charge in [0.2, 0.25) is 0 Å². The van der Waals surface area contributed by atoms with Crippen molar-refractivity contribution in [3.63, 3.8) is 0 Å². The number of benzene rings is 1. The summed E-state index contributed by atoms with van der Waals surface area (Å²) in [5, 5.41) is 18.1. The Morgan fingerprint density at radius 3 is 2.89 bits per heavy atom. The lowest BCUT2D eigenvalue weighted by Gasteiger charge is -2.15. The molecule has 1 atom stereocenters. The van der Waals surface area contributed by atoms with E-state index in [0.717, 1.165) is 5.56 Å². The number of thiophene rings is 1. The summed E-state index contributed by atoms with van der Waals surface area (Å²) in [4.78, 5) is 0. The van der Waals surface area contributed by atoms with Crippen molar-refractivity contribution in [1.29, 1.82) is 0 Å². The van der Waals surface area contributed by atoms with Crippen LogP contribution in [0.3, 0.4) is 0 Å². The van der Waals surface area contributed by atoms with Gasteiger partial charge in [-0.3, -0.25) is 0 Å². The molecule has 0 saturated carbocycles. The third-order valence-electron chi connectivity index (χ3n) is 2.98. The molecule has 0 saturated heterocycles. The average Bonchev–Trinajstić information content (AvgIpc) is 2.93. The Bertz CT molecular complexity index is 543. The topological polar surface area (TPSA) is 41.5 Å². The van der Waals surface area contributed by atoms with Crippen LogP contribution in [0.25, 0.3) is 0 Å². The van der Waals surface area contributed by atoms with Crippen LogP contribution in [0.4, 0.5) is 0 Å². The predicted octanol–water partition coefficient (Wildman–Crippen LogP) is 3.97. The van der Waals surface area contributed by atoms with Crippen LogP contribution in [0.2, 0.25) is 5.02 Å². The van der Waals surface area contributed by atoms with E-state index in [1.54, 1.807) is 23.5 Å². The van der Waals surface area contributed by atoms with Gasteiger partial charge in [-0.05, 0) is 35.4 Å². The fourth-order valence-corrected chi connectivity index (χ4v) is 2.81. The van der Waals surface area contributed by atoms with Gasteiger partial charge in [-0.25, -0.2) is 0 Å². The number of methoxy groups -OCH3 is 1. The van der Waals surface area contributed by atoms with Gasteiger partial charge >= 0.3 is 0 Å². The zero-order valence-corrected chi connectivity index (χ0v) is 12.4. The number of phenols is 1. The highest BCUT2D eigenvalue weighted by atomic mass is 35.5. The summed E-state index contributed by atoms with van der Waals surface area (Å²) < 4.78 is 5.08. The molecule has 1 aromatic heterocycles. The molecule has 0 amide bonds. The third-order valence-corrected chi connectivity index (χ3v) is 3.90. The van der Waals surface area contributed by atoms with Crippen molar-refractivity contribution in [3.8, 4) is 11.5 Å². The van der Waals surface area contributed by atoms with Crippen LogP contribution in [0, 0.1) is 0 Å². The molecule has 0 radical (unpaired) electrons. The highest BCUT2D eigenvalue weighted by Gasteiger charge is 2.11. The summed E-state index contributed by atoms with van der Waals surface area (Å²) in [6, 6.07) is 5.64. The van der Waals surface area contributed by atoms with Crippen LogP contribution >= 0.6 is 22.9 Å². The molecule has 3 nitrogen and oxygen atoms in total. The number of hydrogen-bond donors (Lipinski definition) is 2. The molecule has 2 N–H and O–H groups in total. The fraction of sp³-hybridized carbons (Fsp3) is 0.286. The van der Waals surface area contributed by atoms with Gasteiger partial charge in [0.25, 0.3) is 0 Å². The second kappa shape index (κ2) is 6.28. The quantitative estimate of drug-likeness (QED) is 0.877. The SMILES string of the molecule is COc1cc(Cl)cc(CNC(C)c2ccsc2)c1O.